The fourth-order valence-electron chi connectivity index (χ4n) is 2.08. The van der Waals surface area contributed by atoms with Gasteiger partial charge in [-0.3, -0.25) is 14.9 Å². The Morgan fingerprint density at radius 1 is 1.11 bits per heavy atom. The second kappa shape index (κ2) is 6.61. The predicted molar refractivity (Wildman–Crippen MR) is 75.2 cm³/mol. The molecule has 1 aliphatic rings. The van der Waals surface area contributed by atoms with Gasteiger partial charge in [-0.1, -0.05) is 36.7 Å². The summed E-state index contributed by atoms with van der Waals surface area (Å²) in [5.41, 5.74) is 1.21. The molecule has 2 amide bonds. The summed E-state index contributed by atoms with van der Waals surface area (Å²) in [7, 11) is 0. The largest absolute Gasteiger partial charge is 0.508 e. The number of aryl methyl sites for hydroxylation is 1. The number of carbonyl (C=O) groups is 2. The number of phenolic OH excluding ortho intramolecular Hbond substituents is 1. The minimum Gasteiger partial charge on any atom is -0.508 e. The SMILES string of the molecule is O=C1NC(=O)[C@H](CCCCCc2ccc(O)cc2)S1. The van der Waals surface area contributed by atoms with Crippen LogP contribution in [0.5, 0.6) is 5.75 Å². The molecule has 1 atom stereocenters. The van der Waals surface area contributed by atoms with E-state index in [0.29, 0.717) is 0 Å². The zero-order valence-electron chi connectivity index (χ0n) is 10.6. The first-order valence-corrected chi connectivity index (χ1v) is 7.32. The van der Waals surface area contributed by atoms with Crippen molar-refractivity contribution in [2.75, 3.05) is 0 Å². The van der Waals surface area contributed by atoms with Crippen LogP contribution in [0.15, 0.2) is 24.3 Å². The second-order valence-electron chi connectivity index (χ2n) is 4.65. The summed E-state index contributed by atoms with van der Waals surface area (Å²) in [6, 6.07) is 7.24. The lowest BCUT2D eigenvalue weighted by atomic mass is 10.1. The van der Waals surface area contributed by atoms with Gasteiger partial charge in [-0.25, -0.2) is 0 Å². The quantitative estimate of drug-likeness (QED) is 0.786. The summed E-state index contributed by atoms with van der Waals surface area (Å²) in [5, 5.41) is 11.1. The highest BCUT2D eigenvalue weighted by Crippen LogP contribution is 2.24. The molecule has 1 aromatic rings. The van der Waals surface area contributed by atoms with Crippen molar-refractivity contribution in [2.45, 2.75) is 37.4 Å². The van der Waals surface area contributed by atoms with Crippen LogP contribution in [0.4, 0.5) is 4.79 Å². The third-order valence-electron chi connectivity index (χ3n) is 3.14. The molecule has 2 N–H and O–H groups in total. The first-order chi connectivity index (χ1) is 9.15. The van der Waals surface area contributed by atoms with Gasteiger partial charge >= 0.3 is 0 Å². The first-order valence-electron chi connectivity index (χ1n) is 6.44. The Kier molecular flexibility index (Phi) is 4.85. The van der Waals surface area contributed by atoms with Gasteiger partial charge in [0.15, 0.2) is 0 Å². The van der Waals surface area contributed by atoms with E-state index in [2.05, 4.69) is 5.32 Å². The molecule has 0 spiro atoms. The van der Waals surface area contributed by atoms with E-state index in [-0.39, 0.29) is 22.1 Å². The van der Waals surface area contributed by atoms with Crippen molar-refractivity contribution >= 4 is 22.9 Å². The molecule has 0 aliphatic carbocycles. The zero-order valence-corrected chi connectivity index (χ0v) is 11.4. The maximum absolute atomic E-state index is 11.3. The molecule has 1 heterocycles. The maximum atomic E-state index is 11.3. The van der Waals surface area contributed by atoms with Gasteiger partial charge in [-0.05, 0) is 37.0 Å². The molecule has 1 fully saturated rings. The number of thioether (sulfide) groups is 1. The van der Waals surface area contributed by atoms with Crippen LogP contribution >= 0.6 is 11.8 Å². The highest BCUT2D eigenvalue weighted by atomic mass is 32.2. The average Bonchev–Trinajstić information content (AvgIpc) is 2.70. The monoisotopic (exact) mass is 279 g/mol. The summed E-state index contributed by atoms with van der Waals surface area (Å²) in [6.45, 7) is 0. The minimum atomic E-state index is -0.223. The molecule has 0 radical (unpaired) electrons. The van der Waals surface area contributed by atoms with Crippen LogP contribution in [0.2, 0.25) is 0 Å². The van der Waals surface area contributed by atoms with E-state index in [1.807, 2.05) is 12.1 Å². The lowest BCUT2D eigenvalue weighted by molar-refractivity contribution is -0.119. The van der Waals surface area contributed by atoms with Crippen LogP contribution in [0.1, 0.15) is 31.2 Å². The van der Waals surface area contributed by atoms with Gasteiger partial charge in [0.2, 0.25) is 5.91 Å². The third-order valence-corrected chi connectivity index (χ3v) is 4.19. The van der Waals surface area contributed by atoms with Gasteiger partial charge in [0.25, 0.3) is 5.24 Å². The molecule has 4 nitrogen and oxygen atoms in total. The minimum absolute atomic E-state index is 0.145. The third kappa shape index (κ3) is 4.28. The molecule has 1 saturated heterocycles. The van der Waals surface area contributed by atoms with Crippen LogP contribution in [0, 0.1) is 0 Å². The van der Waals surface area contributed by atoms with Crippen molar-refractivity contribution in [3.63, 3.8) is 0 Å². The topological polar surface area (TPSA) is 66.4 Å². The number of nitrogens with one attached hydrogen (secondary N) is 1. The zero-order chi connectivity index (χ0) is 13.7. The van der Waals surface area contributed by atoms with Crippen molar-refractivity contribution in [2.24, 2.45) is 0 Å². The van der Waals surface area contributed by atoms with Gasteiger partial charge in [-0.15, -0.1) is 0 Å². The molecule has 1 aromatic carbocycles. The normalized spacial score (nSPS) is 18.6. The van der Waals surface area contributed by atoms with Crippen molar-refractivity contribution in [3.05, 3.63) is 29.8 Å². The Morgan fingerprint density at radius 3 is 2.47 bits per heavy atom. The number of hydrogen-bond acceptors (Lipinski definition) is 4. The van der Waals surface area contributed by atoms with Gasteiger partial charge in [0.05, 0.1) is 5.25 Å². The number of unbranched alkanes of at least 4 members (excludes halogenated alkanes) is 2. The van der Waals surface area contributed by atoms with Gasteiger partial charge in [-0.2, -0.15) is 0 Å². The number of phenols is 1. The number of hydrogen-bond donors (Lipinski definition) is 2. The second-order valence-corrected chi connectivity index (χ2v) is 5.82. The predicted octanol–water partition coefficient (Wildman–Crippen LogP) is 2.85. The number of aromatic hydroxyl groups is 1. The van der Waals surface area contributed by atoms with Crippen LogP contribution in [0.3, 0.4) is 0 Å². The van der Waals surface area contributed by atoms with Crippen molar-refractivity contribution in [1.29, 1.82) is 0 Å². The van der Waals surface area contributed by atoms with Crippen LogP contribution < -0.4 is 5.32 Å². The molecular weight excluding hydrogens is 262 g/mol. The van der Waals surface area contributed by atoms with E-state index in [1.165, 1.54) is 5.56 Å². The Balaban J connectivity index is 1.61. The Hall–Kier alpha value is -1.49. The lowest BCUT2D eigenvalue weighted by Gasteiger charge is -2.05. The van der Waals surface area contributed by atoms with E-state index < -0.39 is 0 Å². The number of rotatable bonds is 6. The molecule has 1 aliphatic heterocycles. The smallest absolute Gasteiger partial charge is 0.286 e. The Bertz CT molecular complexity index is 458. The van der Waals surface area contributed by atoms with E-state index in [4.69, 9.17) is 5.11 Å². The highest BCUT2D eigenvalue weighted by molar-refractivity contribution is 8.15. The number of amides is 2. The highest BCUT2D eigenvalue weighted by Gasteiger charge is 2.30. The number of benzene rings is 1. The Morgan fingerprint density at radius 2 is 1.84 bits per heavy atom. The van der Waals surface area contributed by atoms with Gasteiger partial charge < -0.3 is 5.11 Å². The van der Waals surface area contributed by atoms with Gasteiger partial charge in [0.1, 0.15) is 5.75 Å². The Labute approximate surface area is 116 Å². The molecular formula is C14H17NO3S. The average molecular weight is 279 g/mol. The standard InChI is InChI=1S/C14H17NO3S/c16-11-8-6-10(7-9-11)4-2-1-3-5-12-13(17)15-14(18)19-12/h6-9,12,16H,1-5H2,(H,15,17,18)/t12-/m0/s1. The molecule has 5 heteroatoms. The summed E-state index contributed by atoms with van der Waals surface area (Å²) in [6.07, 6.45) is 4.79. The molecule has 19 heavy (non-hydrogen) atoms. The van der Waals surface area contributed by atoms with Crippen LogP contribution in [-0.4, -0.2) is 21.5 Å². The van der Waals surface area contributed by atoms with Crippen molar-refractivity contribution in [1.82, 2.24) is 5.32 Å². The molecule has 0 saturated carbocycles. The molecule has 0 aromatic heterocycles. The maximum Gasteiger partial charge on any atom is 0.286 e. The summed E-state index contributed by atoms with van der Waals surface area (Å²) < 4.78 is 0. The molecule has 0 unspecified atom stereocenters. The van der Waals surface area contributed by atoms with Crippen LogP contribution in [-0.2, 0) is 11.2 Å². The summed E-state index contributed by atoms with van der Waals surface area (Å²) in [5.74, 6) is 0.145. The summed E-state index contributed by atoms with van der Waals surface area (Å²) >= 11 is 1.10. The van der Waals surface area contributed by atoms with E-state index in [1.54, 1.807) is 12.1 Å². The number of imide groups is 1. The van der Waals surface area contributed by atoms with E-state index in [9.17, 15) is 9.59 Å². The fourth-order valence-corrected chi connectivity index (χ4v) is 2.95. The summed E-state index contributed by atoms with van der Waals surface area (Å²) in [4.78, 5) is 22.3. The van der Waals surface area contributed by atoms with Gasteiger partial charge in [0, 0.05) is 0 Å². The van der Waals surface area contributed by atoms with E-state index >= 15 is 0 Å². The number of carbonyl (C=O) groups excluding carboxylic acids is 2. The van der Waals surface area contributed by atoms with E-state index in [0.717, 1.165) is 43.9 Å². The molecule has 2 rings (SSSR count). The lowest BCUT2D eigenvalue weighted by Crippen LogP contribution is -2.24. The van der Waals surface area contributed by atoms with Crippen molar-refractivity contribution < 1.29 is 14.7 Å². The van der Waals surface area contributed by atoms with Crippen LogP contribution in [0.25, 0.3) is 0 Å². The molecule has 0 bridgehead atoms. The molecule has 102 valence electrons. The fraction of sp³-hybridized carbons (Fsp3) is 0.429. The van der Waals surface area contributed by atoms with Crippen molar-refractivity contribution in [3.8, 4) is 5.75 Å². The first kappa shape index (κ1) is 13.9.